The van der Waals surface area contributed by atoms with Gasteiger partial charge in [-0.3, -0.25) is 0 Å². The first-order valence-electron chi connectivity index (χ1n) is 5.29. The third-order valence-corrected chi connectivity index (χ3v) is 4.46. The van der Waals surface area contributed by atoms with Crippen LogP contribution < -0.4 is 0 Å². The van der Waals surface area contributed by atoms with E-state index < -0.39 is 0 Å². The largest absolute Gasteiger partial charge is 0.135 e. The van der Waals surface area contributed by atoms with Gasteiger partial charge in [-0.1, -0.05) is 12.2 Å². The van der Waals surface area contributed by atoms with Crippen LogP contribution in [0.2, 0.25) is 0 Å². The molecule has 0 N–H and O–H groups in total. The molecule has 2 heteroatoms. The Kier molecular flexibility index (Phi) is 3.75. The topological polar surface area (TPSA) is 0 Å². The number of thiophene rings is 2. The summed E-state index contributed by atoms with van der Waals surface area (Å²) in [7, 11) is 0. The summed E-state index contributed by atoms with van der Waals surface area (Å²) in [6.07, 6.45) is 8.45. The van der Waals surface area contributed by atoms with E-state index in [1.807, 2.05) is 22.7 Å². The van der Waals surface area contributed by atoms with Crippen LogP contribution in [0.4, 0.5) is 0 Å². The second kappa shape index (κ2) is 5.28. The van der Waals surface area contributed by atoms with Gasteiger partial charge in [0.15, 0.2) is 0 Å². The van der Waals surface area contributed by atoms with E-state index in [4.69, 9.17) is 0 Å². The molecular weight excluding hydrogens is 232 g/mol. The average molecular weight is 246 g/mol. The van der Waals surface area contributed by atoms with E-state index in [0.29, 0.717) is 0 Å². The van der Waals surface area contributed by atoms with E-state index in [0.717, 1.165) is 0 Å². The molecule has 2 rings (SSSR count). The lowest BCUT2D eigenvalue weighted by Crippen LogP contribution is -1.56. The molecule has 0 aromatic carbocycles. The van der Waals surface area contributed by atoms with E-state index >= 15 is 0 Å². The van der Waals surface area contributed by atoms with Crippen LogP contribution in [0.5, 0.6) is 0 Å². The highest BCUT2D eigenvalue weighted by Crippen LogP contribution is 2.34. The molecule has 0 bridgehead atoms. The van der Waals surface area contributed by atoms with Gasteiger partial charge in [0.05, 0.1) is 0 Å². The first-order valence-corrected chi connectivity index (χ1v) is 6.92. The van der Waals surface area contributed by atoms with Crippen LogP contribution in [-0.4, -0.2) is 0 Å². The molecule has 0 amide bonds. The smallest absolute Gasteiger partial charge is 0.0449 e. The summed E-state index contributed by atoms with van der Waals surface area (Å²) >= 11 is 3.68. The Morgan fingerprint density at radius 1 is 0.750 bits per heavy atom. The van der Waals surface area contributed by atoms with Crippen molar-refractivity contribution in [2.75, 3.05) is 0 Å². The molecule has 0 saturated heterocycles. The number of hydrogen-bond acceptors (Lipinski definition) is 2. The van der Waals surface area contributed by atoms with Crippen molar-refractivity contribution in [3.05, 3.63) is 46.2 Å². The van der Waals surface area contributed by atoms with Crippen LogP contribution in [0.25, 0.3) is 21.9 Å². The molecular formula is C14H14S2. The zero-order valence-corrected chi connectivity index (χ0v) is 11.1. The number of rotatable bonds is 3. The Balaban J connectivity index is 2.27. The van der Waals surface area contributed by atoms with Gasteiger partial charge < -0.3 is 0 Å². The molecule has 0 aliphatic heterocycles. The van der Waals surface area contributed by atoms with Crippen LogP contribution in [0, 0.1) is 0 Å². The minimum absolute atomic E-state index is 1.32. The lowest BCUT2D eigenvalue weighted by atomic mass is 10.3. The maximum atomic E-state index is 2.20. The molecule has 0 aliphatic carbocycles. The Hall–Kier alpha value is -1.12. The lowest BCUT2D eigenvalue weighted by molar-refractivity contribution is 1.78. The molecule has 16 heavy (non-hydrogen) atoms. The van der Waals surface area contributed by atoms with E-state index in [9.17, 15) is 0 Å². The van der Waals surface area contributed by atoms with Gasteiger partial charge in [-0.15, -0.1) is 22.7 Å². The van der Waals surface area contributed by atoms with Crippen molar-refractivity contribution in [3.63, 3.8) is 0 Å². The zero-order valence-electron chi connectivity index (χ0n) is 9.44. The summed E-state index contributed by atoms with van der Waals surface area (Å²) in [6, 6.07) is 8.75. The minimum atomic E-state index is 1.32. The van der Waals surface area contributed by atoms with Crippen LogP contribution in [0.3, 0.4) is 0 Å². The van der Waals surface area contributed by atoms with Gasteiger partial charge >= 0.3 is 0 Å². The average Bonchev–Trinajstić information content (AvgIpc) is 2.87. The highest BCUT2D eigenvalue weighted by molar-refractivity contribution is 7.22. The fourth-order valence-electron chi connectivity index (χ4n) is 1.48. The van der Waals surface area contributed by atoms with Crippen molar-refractivity contribution >= 4 is 34.8 Å². The van der Waals surface area contributed by atoms with E-state index in [1.165, 1.54) is 19.5 Å². The molecule has 0 nitrogen and oxygen atoms in total. The van der Waals surface area contributed by atoms with Gasteiger partial charge in [0.25, 0.3) is 0 Å². The summed E-state index contributed by atoms with van der Waals surface area (Å²) in [5.41, 5.74) is 0. The summed E-state index contributed by atoms with van der Waals surface area (Å²) in [6.45, 7) is 4.10. The van der Waals surface area contributed by atoms with E-state index in [2.05, 4.69) is 62.4 Å². The first kappa shape index (κ1) is 11.4. The molecule has 0 fully saturated rings. The van der Waals surface area contributed by atoms with Crippen molar-refractivity contribution in [1.82, 2.24) is 0 Å². The Labute approximate surface area is 105 Å². The first-order chi connectivity index (χ1) is 7.83. The van der Waals surface area contributed by atoms with Gasteiger partial charge in [-0.05, 0) is 50.3 Å². The summed E-state index contributed by atoms with van der Waals surface area (Å²) in [4.78, 5) is 5.35. The molecule has 0 spiro atoms. The highest BCUT2D eigenvalue weighted by atomic mass is 32.1. The normalized spacial score (nSPS) is 11.9. The molecule has 82 valence electrons. The van der Waals surface area contributed by atoms with E-state index in [1.54, 1.807) is 0 Å². The predicted octanol–water partition coefficient (Wildman–Crippen LogP) is 5.54. The summed E-state index contributed by atoms with van der Waals surface area (Å²) in [5, 5.41) is 0. The molecule has 0 saturated carbocycles. The third-order valence-electron chi connectivity index (χ3n) is 2.16. The lowest BCUT2D eigenvalue weighted by Gasteiger charge is -1.88. The van der Waals surface area contributed by atoms with E-state index in [-0.39, 0.29) is 0 Å². The van der Waals surface area contributed by atoms with Crippen LogP contribution in [-0.2, 0) is 0 Å². The van der Waals surface area contributed by atoms with Gasteiger partial charge in [0.2, 0.25) is 0 Å². The van der Waals surface area contributed by atoms with Crippen molar-refractivity contribution in [2.24, 2.45) is 0 Å². The van der Waals surface area contributed by atoms with Crippen molar-refractivity contribution < 1.29 is 0 Å². The molecule has 0 atom stereocenters. The van der Waals surface area contributed by atoms with Crippen molar-refractivity contribution in [3.8, 4) is 9.75 Å². The van der Waals surface area contributed by atoms with Gasteiger partial charge in [0.1, 0.15) is 0 Å². The van der Waals surface area contributed by atoms with Crippen LogP contribution in [0.1, 0.15) is 23.6 Å². The molecule has 0 radical (unpaired) electrons. The predicted molar refractivity (Wildman–Crippen MR) is 77.0 cm³/mol. The quantitative estimate of drug-likeness (QED) is 0.666. The second-order valence-corrected chi connectivity index (χ2v) is 5.63. The third kappa shape index (κ3) is 2.52. The SMILES string of the molecule is CC=Cc1ccc(-c2ccc(C=CC)s2)s1. The second-order valence-electron chi connectivity index (χ2n) is 3.40. The van der Waals surface area contributed by atoms with Crippen LogP contribution >= 0.6 is 22.7 Å². The summed E-state index contributed by atoms with van der Waals surface area (Å²) < 4.78 is 0. The molecule has 2 aromatic heterocycles. The van der Waals surface area contributed by atoms with Gasteiger partial charge in [0, 0.05) is 19.5 Å². The number of hydrogen-bond donors (Lipinski definition) is 0. The fraction of sp³-hybridized carbons (Fsp3) is 0.143. The standard InChI is InChI=1S/C14H14S2/c1-3-5-11-7-9-13(15-11)14-10-8-12(16-14)6-4-2/h3-10H,1-2H3. The Morgan fingerprint density at radius 3 is 1.56 bits per heavy atom. The minimum Gasteiger partial charge on any atom is -0.135 e. The maximum absolute atomic E-state index is 2.20. The van der Waals surface area contributed by atoms with Crippen molar-refractivity contribution in [1.29, 1.82) is 0 Å². The van der Waals surface area contributed by atoms with Gasteiger partial charge in [-0.2, -0.15) is 0 Å². The zero-order chi connectivity index (χ0) is 11.4. The highest BCUT2D eigenvalue weighted by Gasteiger charge is 2.03. The summed E-state index contributed by atoms with van der Waals surface area (Å²) in [5.74, 6) is 0. The number of allylic oxidation sites excluding steroid dienone is 2. The van der Waals surface area contributed by atoms with Gasteiger partial charge in [-0.25, -0.2) is 0 Å². The molecule has 0 aliphatic rings. The molecule has 0 unspecified atom stereocenters. The maximum Gasteiger partial charge on any atom is 0.0449 e. The monoisotopic (exact) mass is 246 g/mol. The molecule has 2 heterocycles. The van der Waals surface area contributed by atoms with Crippen LogP contribution in [0.15, 0.2) is 36.4 Å². The Bertz CT molecular complexity index is 464. The fourth-order valence-corrected chi connectivity index (χ4v) is 3.53. The molecule has 2 aromatic rings. The Morgan fingerprint density at radius 2 is 1.19 bits per heavy atom. The van der Waals surface area contributed by atoms with Crippen molar-refractivity contribution in [2.45, 2.75) is 13.8 Å².